The van der Waals surface area contributed by atoms with Crippen molar-refractivity contribution in [2.45, 2.75) is 6.92 Å². The van der Waals surface area contributed by atoms with E-state index in [-0.39, 0.29) is 21.1 Å². The van der Waals surface area contributed by atoms with Gasteiger partial charge in [-0.3, -0.25) is 0 Å². The first-order valence-electron chi connectivity index (χ1n) is 4.88. The van der Waals surface area contributed by atoms with Gasteiger partial charge in [-0.15, -0.1) is 0 Å². The van der Waals surface area contributed by atoms with Crippen molar-refractivity contribution in [3.05, 3.63) is 75.8 Å². The van der Waals surface area contributed by atoms with Crippen molar-refractivity contribution in [3.63, 3.8) is 0 Å². The van der Waals surface area contributed by atoms with E-state index in [2.05, 4.69) is 51.7 Å². The average Bonchev–Trinajstić information content (AvgIpc) is 2.68. The Morgan fingerprint density at radius 2 is 1.22 bits per heavy atom. The molecule has 0 fully saturated rings. The van der Waals surface area contributed by atoms with E-state index in [0.29, 0.717) is 6.61 Å². The predicted molar refractivity (Wildman–Crippen MR) is 67.8 cm³/mol. The Morgan fingerprint density at radius 3 is 1.57 bits per heavy atom. The zero-order valence-corrected chi connectivity index (χ0v) is 14.9. The van der Waals surface area contributed by atoms with Crippen molar-refractivity contribution in [3.8, 4) is 11.8 Å². The summed E-state index contributed by atoms with van der Waals surface area (Å²) in [6.45, 7) is 27.5. The third-order valence-electron chi connectivity index (χ3n) is 1.25. The largest absolute Gasteiger partial charge is 0 e. The molecule has 0 N–H and O–H groups in total. The molecule has 0 atom stereocenters. The summed E-state index contributed by atoms with van der Waals surface area (Å²) in [6.07, 6.45) is 0. The van der Waals surface area contributed by atoms with Crippen molar-refractivity contribution >= 4 is 0 Å². The van der Waals surface area contributed by atoms with E-state index in [1.807, 2.05) is 37.3 Å². The maximum atomic E-state index is 7.50. The summed E-state index contributed by atoms with van der Waals surface area (Å²) in [7, 11) is 0. The SMILES string of the molecule is CCO[C]C#Cc1ccccc1.[C-]#[O+].[C-]#[O+].[C-]#[O+].[C-]#[O+].[C-]#[O+].[W]. The number of rotatable bonds is 2. The van der Waals surface area contributed by atoms with Crippen LogP contribution in [0.1, 0.15) is 12.5 Å². The van der Waals surface area contributed by atoms with Crippen LogP contribution in [-0.4, -0.2) is 6.61 Å². The minimum Gasteiger partial charge on any atom is 0 e. The van der Waals surface area contributed by atoms with Gasteiger partial charge in [-0.1, -0.05) is 30.0 Å². The Hall–Kier alpha value is -1.87. The minimum absolute atomic E-state index is 0. The van der Waals surface area contributed by atoms with Crippen LogP contribution >= 0.6 is 0 Å². The van der Waals surface area contributed by atoms with Gasteiger partial charge in [0, 0.05) is 33.2 Å². The second-order valence-electron chi connectivity index (χ2n) is 2.15. The number of ether oxygens (including phenoxy) is 1. The van der Waals surface area contributed by atoms with Crippen LogP contribution < -0.4 is 0 Å². The van der Waals surface area contributed by atoms with E-state index >= 15 is 0 Å². The van der Waals surface area contributed by atoms with Gasteiger partial charge in [-0.2, -0.15) is 0 Å². The monoisotopic (exact) mass is 482 g/mol. The van der Waals surface area contributed by atoms with E-state index in [9.17, 15) is 0 Å². The summed E-state index contributed by atoms with van der Waals surface area (Å²) >= 11 is 0. The van der Waals surface area contributed by atoms with E-state index < -0.39 is 0 Å². The first-order valence-corrected chi connectivity index (χ1v) is 4.88. The second-order valence-corrected chi connectivity index (χ2v) is 2.15. The quantitative estimate of drug-likeness (QED) is 0.273. The van der Waals surface area contributed by atoms with E-state index in [0.717, 1.165) is 5.56 Å². The van der Waals surface area contributed by atoms with Gasteiger partial charge in [0.1, 0.15) is 0 Å². The third-order valence-corrected chi connectivity index (χ3v) is 1.25. The molecule has 0 saturated heterocycles. The molecule has 0 amide bonds. The summed E-state index contributed by atoms with van der Waals surface area (Å²) in [4.78, 5) is 0. The van der Waals surface area contributed by atoms with Crippen LogP contribution in [0.15, 0.2) is 30.3 Å². The zero-order chi connectivity index (χ0) is 18.6. The Morgan fingerprint density at radius 1 is 0.826 bits per heavy atom. The molecule has 0 aromatic heterocycles. The van der Waals surface area contributed by atoms with Crippen molar-refractivity contribution in [2.24, 2.45) is 0 Å². The molecule has 1 aromatic rings. The molecule has 116 valence electrons. The summed E-state index contributed by atoms with van der Waals surface area (Å²) in [5, 5.41) is 0. The van der Waals surface area contributed by atoms with Gasteiger partial charge in [0.25, 0.3) is 0 Å². The molecule has 1 rings (SSSR count). The summed E-state index contributed by atoms with van der Waals surface area (Å²) in [6, 6.07) is 9.75. The van der Waals surface area contributed by atoms with Crippen molar-refractivity contribution in [1.29, 1.82) is 0 Å². The van der Waals surface area contributed by atoms with E-state index in [1.54, 1.807) is 0 Å². The normalized spacial score (nSPS) is 5.00. The molecule has 0 saturated carbocycles. The molecule has 2 radical (unpaired) electrons. The number of benzene rings is 1. The molecule has 23 heavy (non-hydrogen) atoms. The molecule has 0 aliphatic heterocycles. The molecule has 0 aliphatic rings. The van der Waals surface area contributed by atoms with Crippen LogP contribution in [0.2, 0.25) is 0 Å². The Labute approximate surface area is 150 Å². The molecule has 7 heteroatoms. The second kappa shape index (κ2) is 59.5. The smallest absolute Gasteiger partial charge is 0 e. The number of hydrogen-bond acceptors (Lipinski definition) is 1. The van der Waals surface area contributed by atoms with Crippen LogP contribution in [0.25, 0.3) is 0 Å². The minimum atomic E-state index is 0. The van der Waals surface area contributed by atoms with Gasteiger partial charge in [0.2, 0.25) is 6.61 Å². The molecular weight excluding hydrogens is 472 g/mol. The van der Waals surface area contributed by atoms with Crippen LogP contribution in [0, 0.1) is 51.7 Å². The Kier molecular flexibility index (Phi) is 96.7. The maximum absolute atomic E-state index is 7.50. The van der Waals surface area contributed by atoms with Crippen LogP contribution in [0.4, 0.5) is 0 Å². The van der Waals surface area contributed by atoms with Crippen LogP contribution in [-0.2, 0) is 49.1 Å². The predicted octanol–water partition coefficient (Wildman–Crippen LogP) is 1.92. The molecular formula is C16H10O6W. The third kappa shape index (κ3) is 45.0. The molecule has 0 spiro atoms. The van der Waals surface area contributed by atoms with Crippen molar-refractivity contribution < 1.29 is 49.1 Å². The molecule has 0 aliphatic carbocycles. The Bertz CT molecular complexity index is 428. The fraction of sp³-hybridized carbons (Fsp3) is 0.125. The van der Waals surface area contributed by atoms with Crippen molar-refractivity contribution in [2.75, 3.05) is 6.61 Å². The molecule has 6 nitrogen and oxygen atoms in total. The summed E-state index contributed by atoms with van der Waals surface area (Å²) in [5.74, 6) is 5.57. The fourth-order valence-electron chi connectivity index (χ4n) is 0.727. The van der Waals surface area contributed by atoms with Gasteiger partial charge in [0.05, 0.1) is 0 Å². The molecule has 0 heterocycles. The first-order chi connectivity index (χ1) is 10.9. The average molecular weight is 482 g/mol. The van der Waals surface area contributed by atoms with Gasteiger partial charge >= 0.3 is 56.5 Å². The Balaban J connectivity index is -0.0000000565. The van der Waals surface area contributed by atoms with Crippen LogP contribution in [0.5, 0.6) is 0 Å². The van der Waals surface area contributed by atoms with Gasteiger partial charge in [-0.25, -0.2) is 0 Å². The van der Waals surface area contributed by atoms with Gasteiger partial charge < -0.3 is 4.74 Å². The standard InChI is InChI=1S/C11H10O.5CO.W/c1-2-12-10-6-9-11-7-4-3-5-8-11;5*1-2;/h3-5,7-8H,2H2,1H3;;;;;;. The number of hydrogen-bond donors (Lipinski definition) is 0. The van der Waals surface area contributed by atoms with Gasteiger partial charge in [-0.05, 0) is 19.1 Å². The summed E-state index contributed by atoms with van der Waals surface area (Å²) < 4.78 is 42.3. The molecule has 1 aromatic carbocycles. The first kappa shape index (κ1) is 37.4. The summed E-state index contributed by atoms with van der Waals surface area (Å²) in [5.41, 5.74) is 0.977. The van der Waals surface area contributed by atoms with Crippen LogP contribution in [0.3, 0.4) is 0 Å². The molecule has 0 bridgehead atoms. The van der Waals surface area contributed by atoms with E-state index in [4.69, 9.17) is 28.0 Å². The molecule has 0 unspecified atom stereocenters. The maximum Gasteiger partial charge on any atom is 0 e. The van der Waals surface area contributed by atoms with E-state index in [1.165, 1.54) is 0 Å². The van der Waals surface area contributed by atoms with Gasteiger partial charge in [0.15, 0.2) is 0 Å². The zero-order valence-electron chi connectivity index (χ0n) is 12.0. The van der Waals surface area contributed by atoms with Crippen molar-refractivity contribution in [1.82, 2.24) is 0 Å². The fourth-order valence-corrected chi connectivity index (χ4v) is 0.727. The topological polar surface area (TPSA) is 109 Å².